The molecule has 2 N–H and O–H groups in total. The highest BCUT2D eigenvalue weighted by Crippen LogP contribution is 2.47. The van der Waals surface area contributed by atoms with Gasteiger partial charge in [-0.2, -0.15) is 0 Å². The number of rotatable bonds is 5. The van der Waals surface area contributed by atoms with Crippen molar-refractivity contribution < 1.29 is 24.2 Å². The fourth-order valence-electron chi connectivity index (χ4n) is 4.00. The van der Waals surface area contributed by atoms with Gasteiger partial charge < -0.3 is 19.9 Å². The summed E-state index contributed by atoms with van der Waals surface area (Å²) in [6.45, 7) is 3.55. The number of anilines is 1. The Kier molecular flexibility index (Phi) is 6.22. The van der Waals surface area contributed by atoms with E-state index in [1.807, 2.05) is 31.2 Å². The molecule has 0 amide bonds. The lowest BCUT2D eigenvalue weighted by atomic mass is 9.66. The van der Waals surface area contributed by atoms with Crippen LogP contribution in [-0.4, -0.2) is 41.8 Å². The maximum Gasteiger partial charge on any atom is 0.336 e. The van der Waals surface area contributed by atoms with E-state index >= 15 is 0 Å². The number of methoxy groups -OCH3 is 2. The van der Waals surface area contributed by atoms with Crippen molar-refractivity contribution >= 4 is 17.6 Å². The number of carbonyl (C=O) groups is 2. The Morgan fingerprint density at radius 1 is 1.17 bits per heavy atom. The van der Waals surface area contributed by atoms with Gasteiger partial charge in [0.2, 0.25) is 0 Å². The molecule has 3 atom stereocenters. The zero-order valence-electron chi connectivity index (χ0n) is 17.5. The summed E-state index contributed by atoms with van der Waals surface area (Å²) < 4.78 is 10.1. The number of aryl methyl sites for hydroxylation is 1. The summed E-state index contributed by atoms with van der Waals surface area (Å²) >= 11 is 0. The Morgan fingerprint density at radius 2 is 1.87 bits per heavy atom. The van der Waals surface area contributed by atoms with Gasteiger partial charge in [-0.05, 0) is 37.6 Å². The summed E-state index contributed by atoms with van der Waals surface area (Å²) in [6, 6.07) is 11.1. The summed E-state index contributed by atoms with van der Waals surface area (Å²) in [5, 5.41) is 14.5. The Labute approximate surface area is 175 Å². The van der Waals surface area contributed by atoms with Crippen LogP contribution >= 0.6 is 0 Å². The quantitative estimate of drug-likeness (QED) is 0.732. The van der Waals surface area contributed by atoms with Crippen molar-refractivity contribution in [3.8, 4) is 0 Å². The van der Waals surface area contributed by atoms with Crippen LogP contribution in [-0.2, 0) is 19.1 Å². The number of nitrogens with one attached hydrogen (secondary N) is 1. The number of nitrogens with zero attached hydrogens (tertiary/aromatic N) is 1. The fourth-order valence-corrected chi connectivity index (χ4v) is 4.00. The third kappa shape index (κ3) is 4.21. The van der Waals surface area contributed by atoms with E-state index in [9.17, 15) is 14.7 Å². The van der Waals surface area contributed by atoms with Gasteiger partial charge in [-0.15, -0.1) is 0 Å². The molecule has 158 valence electrons. The van der Waals surface area contributed by atoms with E-state index in [1.165, 1.54) is 14.2 Å². The van der Waals surface area contributed by atoms with Crippen molar-refractivity contribution in [3.05, 3.63) is 71.2 Å². The van der Waals surface area contributed by atoms with E-state index < -0.39 is 29.4 Å². The normalized spacial score (nSPS) is 23.6. The summed E-state index contributed by atoms with van der Waals surface area (Å²) in [4.78, 5) is 29.8. The topological polar surface area (TPSA) is 97.8 Å². The van der Waals surface area contributed by atoms with E-state index in [-0.39, 0.29) is 12.0 Å². The van der Waals surface area contributed by atoms with E-state index in [2.05, 4.69) is 10.3 Å². The molecule has 1 heterocycles. The predicted molar refractivity (Wildman–Crippen MR) is 112 cm³/mol. The molecule has 2 aromatic rings. The number of carbonyl (C=O) groups excluding carboxylic acids is 2. The molecule has 30 heavy (non-hydrogen) atoms. The van der Waals surface area contributed by atoms with Crippen LogP contribution in [0.3, 0.4) is 0 Å². The average molecular weight is 410 g/mol. The molecule has 3 rings (SSSR count). The first-order valence-corrected chi connectivity index (χ1v) is 9.63. The number of esters is 2. The van der Waals surface area contributed by atoms with E-state index in [0.717, 1.165) is 11.3 Å². The second-order valence-electron chi connectivity index (χ2n) is 7.67. The number of hydrogen-bond acceptors (Lipinski definition) is 7. The van der Waals surface area contributed by atoms with Crippen molar-refractivity contribution in [1.82, 2.24) is 4.98 Å². The van der Waals surface area contributed by atoms with Crippen LogP contribution in [0.1, 0.15) is 30.4 Å². The molecule has 1 aromatic carbocycles. The highest BCUT2D eigenvalue weighted by molar-refractivity contribution is 5.94. The van der Waals surface area contributed by atoms with Crippen LogP contribution < -0.4 is 5.32 Å². The highest BCUT2D eigenvalue weighted by Gasteiger charge is 2.52. The van der Waals surface area contributed by atoms with Gasteiger partial charge in [0.25, 0.3) is 0 Å². The lowest BCUT2D eigenvalue weighted by Gasteiger charge is -2.42. The Morgan fingerprint density at radius 3 is 2.43 bits per heavy atom. The summed E-state index contributed by atoms with van der Waals surface area (Å²) in [5.74, 6) is -2.99. The number of hydrogen-bond donors (Lipinski definition) is 2. The van der Waals surface area contributed by atoms with E-state index in [0.29, 0.717) is 11.3 Å². The largest absolute Gasteiger partial charge is 0.469 e. The molecular weight excluding hydrogens is 384 g/mol. The van der Waals surface area contributed by atoms with E-state index in [1.54, 1.807) is 31.5 Å². The molecule has 0 saturated carbocycles. The van der Waals surface area contributed by atoms with Crippen molar-refractivity contribution in [2.24, 2.45) is 5.92 Å². The van der Waals surface area contributed by atoms with Crippen LogP contribution in [0.4, 0.5) is 5.69 Å². The molecule has 0 unspecified atom stereocenters. The maximum atomic E-state index is 12.9. The molecule has 7 heteroatoms. The first-order chi connectivity index (χ1) is 14.3. The Bertz CT molecular complexity index is 951. The smallest absolute Gasteiger partial charge is 0.336 e. The predicted octanol–water partition coefficient (Wildman–Crippen LogP) is 2.96. The van der Waals surface area contributed by atoms with E-state index in [4.69, 9.17) is 9.47 Å². The fraction of sp³-hybridized carbons (Fsp3) is 0.348. The van der Waals surface area contributed by atoms with Gasteiger partial charge in [0.05, 0.1) is 31.3 Å². The molecule has 7 nitrogen and oxygen atoms in total. The molecule has 0 radical (unpaired) electrons. The second-order valence-corrected chi connectivity index (χ2v) is 7.67. The number of pyridine rings is 1. The molecule has 1 aromatic heterocycles. The zero-order valence-corrected chi connectivity index (χ0v) is 17.5. The molecule has 0 bridgehead atoms. The van der Waals surface area contributed by atoms with Gasteiger partial charge in [-0.3, -0.25) is 9.78 Å². The minimum atomic E-state index is -1.47. The van der Waals surface area contributed by atoms with Crippen LogP contribution in [0.25, 0.3) is 0 Å². The summed E-state index contributed by atoms with van der Waals surface area (Å²) in [7, 11) is 2.55. The van der Waals surface area contributed by atoms with Crippen molar-refractivity contribution in [1.29, 1.82) is 0 Å². The monoisotopic (exact) mass is 410 g/mol. The molecular formula is C23H26N2O5. The number of aromatic nitrogens is 1. The lowest BCUT2D eigenvalue weighted by Crippen LogP contribution is -2.49. The first kappa shape index (κ1) is 21.5. The number of aliphatic hydroxyl groups is 1. The van der Waals surface area contributed by atoms with Crippen LogP contribution in [0, 0.1) is 12.8 Å². The third-order valence-corrected chi connectivity index (χ3v) is 5.42. The standard InChI is InChI=1S/C23H26N2O5/c1-14-7-9-16(10-8-14)25-17-12-23(2,28)20(22(27)30-4)18(19(17)21(26)29-3)15-6-5-11-24-13-15/h5-11,13,18,20,25,28H,12H2,1-4H3/t18-,20+,23-/m0/s1. The number of benzene rings is 1. The van der Waals surface area contributed by atoms with Crippen molar-refractivity contribution in [2.75, 3.05) is 19.5 Å². The molecule has 0 fully saturated rings. The second kappa shape index (κ2) is 8.67. The van der Waals surface area contributed by atoms with Crippen molar-refractivity contribution in [3.63, 3.8) is 0 Å². The molecule has 0 aliphatic heterocycles. The minimum Gasteiger partial charge on any atom is -0.469 e. The molecule has 0 saturated heterocycles. The van der Waals surface area contributed by atoms with Crippen molar-refractivity contribution in [2.45, 2.75) is 31.8 Å². The Hall–Kier alpha value is -3.19. The summed E-state index contributed by atoms with van der Waals surface area (Å²) in [6.07, 6.45) is 3.22. The van der Waals surface area contributed by atoms with Crippen LogP contribution in [0.2, 0.25) is 0 Å². The van der Waals surface area contributed by atoms with Crippen LogP contribution in [0.15, 0.2) is 60.1 Å². The van der Waals surface area contributed by atoms with Gasteiger partial charge in [0.1, 0.15) is 0 Å². The minimum absolute atomic E-state index is 0.0435. The average Bonchev–Trinajstić information content (AvgIpc) is 2.74. The highest BCUT2D eigenvalue weighted by atomic mass is 16.5. The first-order valence-electron chi connectivity index (χ1n) is 9.63. The molecule has 0 spiro atoms. The molecule has 1 aliphatic rings. The summed E-state index contributed by atoms with van der Waals surface area (Å²) in [5.41, 5.74) is 1.75. The van der Waals surface area contributed by atoms with Gasteiger partial charge in [-0.25, -0.2) is 4.79 Å². The lowest BCUT2D eigenvalue weighted by molar-refractivity contribution is -0.157. The Balaban J connectivity index is 2.22. The maximum absolute atomic E-state index is 12.9. The number of ether oxygens (including phenoxy) is 2. The SMILES string of the molecule is COC(=O)C1=C(Nc2ccc(C)cc2)C[C@](C)(O)[C@@H](C(=O)OC)[C@H]1c1cccnc1. The zero-order chi connectivity index (χ0) is 21.9. The van der Waals surface area contributed by atoms with Crippen LogP contribution in [0.5, 0.6) is 0 Å². The van der Waals surface area contributed by atoms with Gasteiger partial charge >= 0.3 is 11.9 Å². The van der Waals surface area contributed by atoms with Gasteiger partial charge in [0.15, 0.2) is 0 Å². The third-order valence-electron chi connectivity index (χ3n) is 5.42. The van der Waals surface area contributed by atoms with Gasteiger partial charge in [0, 0.05) is 36.1 Å². The van der Waals surface area contributed by atoms with Gasteiger partial charge in [-0.1, -0.05) is 23.8 Å². The molecule has 1 aliphatic carbocycles.